The second kappa shape index (κ2) is 4.76. The highest BCUT2D eigenvalue weighted by molar-refractivity contribution is 7.18. The lowest BCUT2D eigenvalue weighted by Gasteiger charge is -2.07. The summed E-state index contributed by atoms with van der Waals surface area (Å²) in [6, 6.07) is 1.86. The second-order valence-corrected chi connectivity index (χ2v) is 4.62. The molecule has 17 heavy (non-hydrogen) atoms. The van der Waals surface area contributed by atoms with E-state index in [0.717, 1.165) is 10.3 Å². The molecule has 0 aliphatic heterocycles. The number of anilines is 2. The first-order valence-corrected chi connectivity index (χ1v) is 5.68. The van der Waals surface area contributed by atoms with E-state index in [1.54, 1.807) is 0 Å². The molecule has 8 heteroatoms. The van der Waals surface area contributed by atoms with Gasteiger partial charge in [-0.15, -0.1) is 11.3 Å². The van der Waals surface area contributed by atoms with Gasteiger partial charge in [0.1, 0.15) is 10.6 Å². The number of thiophene rings is 1. The molecule has 4 N–H and O–H groups in total. The number of nitrogens with zero attached hydrogens (tertiary/aromatic N) is 2. The average Bonchev–Trinajstić information content (AvgIpc) is 2.65. The molecule has 2 aromatic rings. The topological polar surface area (TPSA) is 75.9 Å². The summed E-state index contributed by atoms with van der Waals surface area (Å²) in [5.41, 5.74) is 2.31. The monoisotopic (exact) mass is 259 g/mol. The van der Waals surface area contributed by atoms with Gasteiger partial charge in [-0.1, -0.05) is 0 Å². The summed E-state index contributed by atoms with van der Waals surface area (Å²) >= 11 is 1.46. The Bertz CT molecular complexity index is 527. The summed E-state index contributed by atoms with van der Waals surface area (Å²) in [7, 11) is 0. The van der Waals surface area contributed by atoms with Crippen LogP contribution in [0.15, 0.2) is 6.07 Å². The number of nitrogens with two attached hydrogens (primary N) is 1. The Morgan fingerprint density at radius 1 is 1.47 bits per heavy atom. The van der Waals surface area contributed by atoms with Gasteiger partial charge in [0.15, 0.2) is 0 Å². The summed E-state index contributed by atoms with van der Waals surface area (Å²) in [5, 5.41) is 3.31. The van der Waals surface area contributed by atoms with Crippen molar-refractivity contribution in [1.82, 2.24) is 9.97 Å². The molecule has 5 nitrogen and oxygen atoms in total. The van der Waals surface area contributed by atoms with Gasteiger partial charge in [-0.05, 0) is 13.0 Å². The largest absolute Gasteiger partial charge is 0.364 e. The third kappa shape index (κ3) is 2.59. The number of aromatic nitrogens is 2. The molecule has 0 saturated heterocycles. The Kier molecular flexibility index (Phi) is 3.34. The minimum absolute atomic E-state index is 0.205. The van der Waals surface area contributed by atoms with E-state index in [1.165, 1.54) is 11.3 Å². The molecule has 2 heterocycles. The van der Waals surface area contributed by atoms with Crippen LogP contribution in [0.5, 0.6) is 0 Å². The lowest BCUT2D eigenvalue weighted by molar-refractivity contribution is 0.163. The quantitative estimate of drug-likeness (QED) is 0.578. The van der Waals surface area contributed by atoms with Crippen LogP contribution in [0.2, 0.25) is 0 Å². The number of alkyl halides is 2. The molecule has 0 saturated carbocycles. The number of halogens is 2. The lowest BCUT2D eigenvalue weighted by atomic mass is 10.3. The van der Waals surface area contributed by atoms with Crippen molar-refractivity contribution >= 4 is 33.3 Å². The van der Waals surface area contributed by atoms with E-state index in [9.17, 15) is 8.78 Å². The van der Waals surface area contributed by atoms with Gasteiger partial charge >= 0.3 is 0 Å². The minimum Gasteiger partial charge on any atom is -0.364 e. The van der Waals surface area contributed by atoms with Crippen molar-refractivity contribution in [2.45, 2.75) is 13.3 Å². The average molecular weight is 259 g/mol. The zero-order valence-electron chi connectivity index (χ0n) is 9.00. The van der Waals surface area contributed by atoms with Gasteiger partial charge in [0, 0.05) is 4.88 Å². The Labute approximate surface area is 100 Å². The number of rotatable bonds is 4. The predicted molar refractivity (Wildman–Crippen MR) is 64.5 cm³/mol. The first kappa shape index (κ1) is 11.9. The number of hydrazine groups is 1. The van der Waals surface area contributed by atoms with Gasteiger partial charge in [0.05, 0.1) is 11.9 Å². The van der Waals surface area contributed by atoms with Crippen molar-refractivity contribution in [2.24, 2.45) is 5.84 Å². The van der Waals surface area contributed by atoms with Gasteiger partial charge in [-0.25, -0.2) is 19.6 Å². The standard InChI is InChI=1S/C9H11F2N5S/c1-4-2-5-7(13-3-6(10)11)14-9(16-12)15-8(5)17-4/h2,6H,3,12H2,1H3,(H2,13,14,15,16). The number of nitrogen functional groups attached to an aromatic ring is 1. The summed E-state index contributed by atoms with van der Waals surface area (Å²) in [6.07, 6.45) is -2.44. The van der Waals surface area contributed by atoms with E-state index in [4.69, 9.17) is 5.84 Å². The third-order valence-electron chi connectivity index (χ3n) is 2.07. The molecule has 0 amide bonds. The Morgan fingerprint density at radius 2 is 2.24 bits per heavy atom. The molecule has 0 aromatic carbocycles. The summed E-state index contributed by atoms with van der Waals surface area (Å²) in [6.45, 7) is 1.46. The van der Waals surface area contributed by atoms with E-state index in [2.05, 4.69) is 20.7 Å². The number of nitrogens with one attached hydrogen (secondary N) is 2. The molecule has 2 aromatic heterocycles. The van der Waals surface area contributed by atoms with Crippen LogP contribution >= 0.6 is 11.3 Å². The Morgan fingerprint density at radius 3 is 2.88 bits per heavy atom. The van der Waals surface area contributed by atoms with Gasteiger partial charge < -0.3 is 5.32 Å². The van der Waals surface area contributed by atoms with Crippen molar-refractivity contribution < 1.29 is 8.78 Å². The van der Waals surface area contributed by atoms with E-state index in [0.29, 0.717) is 10.6 Å². The first-order chi connectivity index (χ1) is 8.10. The zero-order valence-corrected chi connectivity index (χ0v) is 9.81. The normalized spacial score (nSPS) is 11.1. The third-order valence-corrected chi connectivity index (χ3v) is 3.01. The fraction of sp³-hybridized carbons (Fsp3) is 0.333. The number of fused-ring (bicyclic) bond motifs is 1. The number of hydrogen-bond acceptors (Lipinski definition) is 6. The first-order valence-electron chi connectivity index (χ1n) is 4.87. The van der Waals surface area contributed by atoms with Crippen LogP contribution in [0.4, 0.5) is 20.5 Å². The van der Waals surface area contributed by atoms with Crippen molar-refractivity contribution in [1.29, 1.82) is 0 Å². The molecule has 92 valence electrons. The molecular formula is C9H11F2N5S. The molecule has 0 bridgehead atoms. The molecule has 0 spiro atoms. The highest BCUT2D eigenvalue weighted by atomic mass is 32.1. The van der Waals surface area contributed by atoms with E-state index in [-0.39, 0.29) is 5.95 Å². The number of hydrogen-bond donors (Lipinski definition) is 3. The van der Waals surface area contributed by atoms with Crippen LogP contribution in [-0.4, -0.2) is 22.9 Å². The highest BCUT2D eigenvalue weighted by Gasteiger charge is 2.11. The van der Waals surface area contributed by atoms with Crippen LogP contribution < -0.4 is 16.6 Å². The van der Waals surface area contributed by atoms with E-state index in [1.807, 2.05) is 13.0 Å². The zero-order chi connectivity index (χ0) is 12.4. The fourth-order valence-electron chi connectivity index (χ4n) is 1.42. The Balaban J connectivity index is 2.43. The van der Waals surface area contributed by atoms with Crippen molar-refractivity contribution in [3.8, 4) is 0 Å². The van der Waals surface area contributed by atoms with Crippen LogP contribution in [0.1, 0.15) is 4.88 Å². The maximum absolute atomic E-state index is 12.2. The summed E-state index contributed by atoms with van der Waals surface area (Å²) in [4.78, 5) is 9.91. The maximum Gasteiger partial charge on any atom is 0.255 e. The molecular weight excluding hydrogens is 248 g/mol. The van der Waals surface area contributed by atoms with Gasteiger partial charge in [-0.2, -0.15) is 4.98 Å². The molecule has 0 atom stereocenters. The van der Waals surface area contributed by atoms with Gasteiger partial charge in [0.2, 0.25) is 5.95 Å². The molecule has 0 aliphatic carbocycles. The van der Waals surface area contributed by atoms with Crippen molar-refractivity contribution in [2.75, 3.05) is 17.3 Å². The molecule has 0 fully saturated rings. The fourth-order valence-corrected chi connectivity index (χ4v) is 2.29. The smallest absolute Gasteiger partial charge is 0.255 e. The molecule has 0 radical (unpaired) electrons. The van der Waals surface area contributed by atoms with Gasteiger partial charge in [-0.3, -0.25) is 5.43 Å². The van der Waals surface area contributed by atoms with Crippen LogP contribution in [0.3, 0.4) is 0 Å². The maximum atomic E-state index is 12.2. The highest BCUT2D eigenvalue weighted by Crippen LogP contribution is 2.29. The van der Waals surface area contributed by atoms with Crippen LogP contribution in [-0.2, 0) is 0 Å². The van der Waals surface area contributed by atoms with Crippen LogP contribution in [0.25, 0.3) is 10.2 Å². The molecule has 2 rings (SSSR count). The van der Waals surface area contributed by atoms with Crippen molar-refractivity contribution in [3.63, 3.8) is 0 Å². The summed E-state index contributed by atoms with van der Waals surface area (Å²) < 4.78 is 24.3. The van der Waals surface area contributed by atoms with E-state index >= 15 is 0 Å². The molecule has 0 aliphatic rings. The van der Waals surface area contributed by atoms with Gasteiger partial charge in [0.25, 0.3) is 6.43 Å². The Hall–Kier alpha value is -1.54. The SMILES string of the molecule is Cc1cc2c(NCC(F)F)nc(NN)nc2s1. The molecule has 0 unspecified atom stereocenters. The number of aryl methyl sites for hydroxylation is 1. The predicted octanol–water partition coefficient (Wildman–Crippen LogP) is 1.96. The van der Waals surface area contributed by atoms with Crippen molar-refractivity contribution in [3.05, 3.63) is 10.9 Å². The second-order valence-electron chi connectivity index (χ2n) is 3.39. The lowest BCUT2D eigenvalue weighted by Crippen LogP contribution is -2.14. The van der Waals surface area contributed by atoms with E-state index < -0.39 is 13.0 Å². The summed E-state index contributed by atoms with van der Waals surface area (Å²) in [5.74, 6) is 5.80. The minimum atomic E-state index is -2.44. The van der Waals surface area contributed by atoms with Crippen LogP contribution in [0, 0.1) is 6.92 Å².